The molecule has 0 saturated carbocycles. The van der Waals surface area contributed by atoms with Gasteiger partial charge in [0.15, 0.2) is 0 Å². The molecule has 0 fully saturated rings. The number of aryl methyl sites for hydroxylation is 1. The molecule has 1 aromatic carbocycles. The second kappa shape index (κ2) is 6.94. The number of rotatable bonds is 7. The van der Waals surface area contributed by atoms with Gasteiger partial charge in [0.1, 0.15) is 0 Å². The first-order valence-corrected chi connectivity index (χ1v) is 6.23. The summed E-state index contributed by atoms with van der Waals surface area (Å²) in [5.74, 6) is -0.740. The fourth-order valence-corrected chi connectivity index (χ4v) is 1.81. The summed E-state index contributed by atoms with van der Waals surface area (Å²) >= 11 is 0. The summed E-state index contributed by atoms with van der Waals surface area (Å²) in [6.07, 6.45) is 2.24. The number of aliphatic carboxylic acids is 1. The molecule has 0 bridgehead atoms. The molecule has 3 nitrogen and oxygen atoms in total. The number of benzene rings is 1. The Kier molecular flexibility index (Phi) is 5.53. The van der Waals surface area contributed by atoms with Crippen LogP contribution in [0, 0.1) is 0 Å². The maximum Gasteiger partial charge on any atom is 0.305 e. The molecule has 0 aromatic heterocycles. The zero-order valence-electron chi connectivity index (χ0n) is 10.6. The van der Waals surface area contributed by atoms with Crippen LogP contribution in [-0.2, 0) is 11.2 Å². The Bertz CT molecular complexity index is 346. The predicted octanol–water partition coefficient (Wildman–Crippen LogP) is 2.94. The molecule has 1 aromatic rings. The van der Waals surface area contributed by atoms with Crippen LogP contribution < -0.4 is 4.90 Å². The van der Waals surface area contributed by atoms with Crippen molar-refractivity contribution in [1.29, 1.82) is 0 Å². The molecule has 0 aliphatic rings. The summed E-state index contributed by atoms with van der Waals surface area (Å²) in [7, 11) is 0. The zero-order chi connectivity index (χ0) is 12.7. The van der Waals surface area contributed by atoms with Crippen LogP contribution in [0.1, 0.15) is 32.3 Å². The van der Waals surface area contributed by atoms with E-state index in [2.05, 4.69) is 43.0 Å². The van der Waals surface area contributed by atoms with E-state index in [0.29, 0.717) is 6.54 Å². The molecule has 0 spiro atoms. The Morgan fingerprint density at radius 1 is 1.18 bits per heavy atom. The smallest absolute Gasteiger partial charge is 0.305 e. The lowest BCUT2D eigenvalue weighted by molar-refractivity contribution is -0.136. The highest BCUT2D eigenvalue weighted by atomic mass is 16.4. The SMILES string of the molecule is CCCN(CCC(=O)O)c1ccc(CC)cc1. The molecule has 1 N–H and O–H groups in total. The molecule has 0 amide bonds. The first-order chi connectivity index (χ1) is 8.17. The van der Waals surface area contributed by atoms with Gasteiger partial charge in [0.25, 0.3) is 0 Å². The van der Waals surface area contributed by atoms with E-state index < -0.39 is 5.97 Å². The third-order valence-electron chi connectivity index (χ3n) is 2.80. The summed E-state index contributed by atoms with van der Waals surface area (Å²) in [4.78, 5) is 12.7. The van der Waals surface area contributed by atoms with Crippen LogP contribution in [0.3, 0.4) is 0 Å². The van der Waals surface area contributed by atoms with E-state index in [9.17, 15) is 4.79 Å². The lowest BCUT2D eigenvalue weighted by atomic mass is 10.1. The zero-order valence-corrected chi connectivity index (χ0v) is 10.6. The standard InChI is InChI=1S/C14H21NO2/c1-3-10-15(11-9-14(16)17)13-7-5-12(4-2)6-8-13/h5-8H,3-4,9-11H2,1-2H3,(H,16,17). The highest BCUT2D eigenvalue weighted by Crippen LogP contribution is 2.16. The molecule has 0 unspecified atom stereocenters. The van der Waals surface area contributed by atoms with Gasteiger partial charge >= 0.3 is 5.97 Å². The van der Waals surface area contributed by atoms with Crippen molar-refractivity contribution < 1.29 is 9.90 Å². The van der Waals surface area contributed by atoms with Gasteiger partial charge in [-0.2, -0.15) is 0 Å². The quantitative estimate of drug-likeness (QED) is 0.790. The van der Waals surface area contributed by atoms with Gasteiger partial charge in [0, 0.05) is 18.8 Å². The van der Waals surface area contributed by atoms with Crippen molar-refractivity contribution in [3.8, 4) is 0 Å². The van der Waals surface area contributed by atoms with Crippen molar-refractivity contribution in [3.05, 3.63) is 29.8 Å². The Morgan fingerprint density at radius 2 is 1.82 bits per heavy atom. The summed E-state index contributed by atoms with van der Waals surface area (Å²) < 4.78 is 0. The van der Waals surface area contributed by atoms with Crippen LogP contribution in [0.2, 0.25) is 0 Å². The topological polar surface area (TPSA) is 40.5 Å². The van der Waals surface area contributed by atoms with Gasteiger partial charge in [0.05, 0.1) is 6.42 Å². The minimum atomic E-state index is -0.740. The Balaban J connectivity index is 2.70. The lowest BCUT2D eigenvalue weighted by Crippen LogP contribution is -2.26. The first-order valence-electron chi connectivity index (χ1n) is 6.23. The number of nitrogens with zero attached hydrogens (tertiary/aromatic N) is 1. The summed E-state index contributed by atoms with van der Waals surface area (Å²) in [6, 6.07) is 8.38. The van der Waals surface area contributed by atoms with Crippen LogP contribution in [-0.4, -0.2) is 24.2 Å². The minimum absolute atomic E-state index is 0.190. The van der Waals surface area contributed by atoms with Gasteiger partial charge in [0.2, 0.25) is 0 Å². The third-order valence-corrected chi connectivity index (χ3v) is 2.80. The minimum Gasteiger partial charge on any atom is -0.481 e. The van der Waals surface area contributed by atoms with E-state index in [0.717, 1.165) is 25.1 Å². The van der Waals surface area contributed by atoms with Gasteiger partial charge < -0.3 is 10.0 Å². The van der Waals surface area contributed by atoms with E-state index in [-0.39, 0.29) is 6.42 Å². The molecule has 0 heterocycles. The Labute approximate surface area is 103 Å². The molecule has 0 saturated heterocycles. The van der Waals surface area contributed by atoms with Crippen LogP contribution >= 0.6 is 0 Å². The molecule has 0 aliphatic carbocycles. The second-order valence-corrected chi connectivity index (χ2v) is 4.15. The van der Waals surface area contributed by atoms with Gasteiger partial charge in [-0.05, 0) is 30.5 Å². The molecule has 17 heavy (non-hydrogen) atoms. The highest BCUT2D eigenvalue weighted by molar-refractivity contribution is 5.67. The van der Waals surface area contributed by atoms with E-state index in [1.165, 1.54) is 5.56 Å². The molecular formula is C14H21NO2. The number of carbonyl (C=O) groups is 1. The van der Waals surface area contributed by atoms with Crippen molar-refractivity contribution in [1.82, 2.24) is 0 Å². The third kappa shape index (κ3) is 4.47. The highest BCUT2D eigenvalue weighted by Gasteiger charge is 2.07. The van der Waals surface area contributed by atoms with Gasteiger partial charge in [-0.1, -0.05) is 26.0 Å². The predicted molar refractivity (Wildman–Crippen MR) is 70.6 cm³/mol. The lowest BCUT2D eigenvalue weighted by Gasteiger charge is -2.23. The number of carboxylic acid groups (broad SMARTS) is 1. The fraction of sp³-hybridized carbons (Fsp3) is 0.500. The average Bonchev–Trinajstić information content (AvgIpc) is 2.34. The van der Waals surface area contributed by atoms with E-state index >= 15 is 0 Å². The van der Waals surface area contributed by atoms with Gasteiger partial charge in [-0.3, -0.25) is 4.79 Å². The summed E-state index contributed by atoms with van der Waals surface area (Å²) in [6.45, 7) is 5.71. The van der Waals surface area contributed by atoms with Crippen molar-refractivity contribution in [3.63, 3.8) is 0 Å². The van der Waals surface area contributed by atoms with Crippen LogP contribution in [0.4, 0.5) is 5.69 Å². The molecule has 3 heteroatoms. The number of carboxylic acids is 1. The summed E-state index contributed by atoms with van der Waals surface area (Å²) in [5.41, 5.74) is 2.42. The van der Waals surface area contributed by atoms with Crippen molar-refractivity contribution in [2.24, 2.45) is 0 Å². The van der Waals surface area contributed by atoms with E-state index in [1.54, 1.807) is 0 Å². The molecule has 0 aliphatic heterocycles. The van der Waals surface area contributed by atoms with Gasteiger partial charge in [-0.15, -0.1) is 0 Å². The second-order valence-electron chi connectivity index (χ2n) is 4.15. The number of hydrogen-bond acceptors (Lipinski definition) is 2. The van der Waals surface area contributed by atoms with Crippen molar-refractivity contribution in [2.75, 3.05) is 18.0 Å². The molecule has 94 valence electrons. The Hall–Kier alpha value is -1.51. The average molecular weight is 235 g/mol. The molecule has 1 rings (SSSR count). The Morgan fingerprint density at radius 3 is 2.29 bits per heavy atom. The molecule has 0 atom stereocenters. The van der Waals surface area contributed by atoms with Crippen molar-refractivity contribution >= 4 is 11.7 Å². The first kappa shape index (κ1) is 13.6. The molecular weight excluding hydrogens is 214 g/mol. The number of anilines is 1. The normalized spacial score (nSPS) is 10.2. The molecule has 0 radical (unpaired) electrons. The largest absolute Gasteiger partial charge is 0.481 e. The fourth-order valence-electron chi connectivity index (χ4n) is 1.81. The van der Waals surface area contributed by atoms with Crippen molar-refractivity contribution in [2.45, 2.75) is 33.1 Å². The maximum absolute atomic E-state index is 10.6. The van der Waals surface area contributed by atoms with Crippen LogP contribution in [0.25, 0.3) is 0 Å². The monoisotopic (exact) mass is 235 g/mol. The van der Waals surface area contributed by atoms with Gasteiger partial charge in [-0.25, -0.2) is 0 Å². The number of hydrogen-bond donors (Lipinski definition) is 1. The van der Waals surface area contributed by atoms with E-state index in [1.807, 2.05) is 0 Å². The van der Waals surface area contributed by atoms with Crippen LogP contribution in [0.5, 0.6) is 0 Å². The summed E-state index contributed by atoms with van der Waals surface area (Å²) in [5, 5.41) is 8.73. The maximum atomic E-state index is 10.6. The van der Waals surface area contributed by atoms with Crippen LogP contribution in [0.15, 0.2) is 24.3 Å². The van der Waals surface area contributed by atoms with E-state index in [4.69, 9.17) is 5.11 Å².